The molecular weight excluding hydrogens is 288 g/mol. The molecule has 1 aliphatic rings. The van der Waals surface area contributed by atoms with Crippen LogP contribution >= 0.6 is 11.3 Å². The maximum atomic E-state index is 12.0. The predicted molar refractivity (Wildman–Crippen MR) is 69.2 cm³/mol. The molecule has 2 heterocycles. The highest BCUT2D eigenvalue weighted by Crippen LogP contribution is 2.23. The van der Waals surface area contributed by atoms with Gasteiger partial charge in [0.1, 0.15) is 15.2 Å². The molecular formula is C11H14N2O4S2. The molecule has 8 heteroatoms. The molecule has 0 atom stereocenters. The van der Waals surface area contributed by atoms with E-state index >= 15 is 0 Å². The van der Waals surface area contributed by atoms with E-state index in [0.717, 1.165) is 11.3 Å². The molecule has 1 aliphatic heterocycles. The molecule has 104 valence electrons. The number of rotatable bonds is 4. The largest absolute Gasteiger partial charge is 0.388 e. The van der Waals surface area contributed by atoms with E-state index in [-0.39, 0.29) is 10.8 Å². The van der Waals surface area contributed by atoms with Crippen LogP contribution in [0.25, 0.3) is 0 Å². The van der Waals surface area contributed by atoms with Gasteiger partial charge < -0.3 is 9.84 Å². The van der Waals surface area contributed by atoms with Gasteiger partial charge in [-0.3, -0.25) is 0 Å². The van der Waals surface area contributed by atoms with Crippen LogP contribution in [0.5, 0.6) is 0 Å². The molecule has 6 nitrogen and oxygen atoms in total. The van der Waals surface area contributed by atoms with Gasteiger partial charge in [-0.15, -0.1) is 11.3 Å². The summed E-state index contributed by atoms with van der Waals surface area (Å²) in [4.78, 5) is 0.338. The number of aliphatic hydroxyl groups is 1. The number of sulfonamides is 1. The van der Waals surface area contributed by atoms with E-state index in [9.17, 15) is 13.5 Å². The average Bonchev–Trinajstić information content (AvgIpc) is 2.87. The summed E-state index contributed by atoms with van der Waals surface area (Å²) < 4.78 is 31.6. The van der Waals surface area contributed by atoms with Crippen molar-refractivity contribution in [1.82, 2.24) is 4.72 Å². The van der Waals surface area contributed by atoms with E-state index < -0.39 is 15.6 Å². The van der Waals surface area contributed by atoms with Crippen LogP contribution in [0.15, 0.2) is 16.3 Å². The number of nitriles is 1. The summed E-state index contributed by atoms with van der Waals surface area (Å²) in [5.74, 6) is 0. The zero-order valence-electron chi connectivity index (χ0n) is 10.1. The van der Waals surface area contributed by atoms with Gasteiger partial charge in [0.25, 0.3) is 0 Å². The first-order valence-electron chi connectivity index (χ1n) is 5.75. The highest BCUT2D eigenvalue weighted by molar-refractivity contribution is 7.91. The van der Waals surface area contributed by atoms with Crippen molar-refractivity contribution >= 4 is 21.4 Å². The highest BCUT2D eigenvalue weighted by atomic mass is 32.2. The fourth-order valence-corrected chi connectivity index (χ4v) is 4.02. The molecule has 0 saturated carbocycles. The minimum atomic E-state index is -3.67. The Hall–Kier alpha value is -0.980. The molecule has 0 radical (unpaired) electrons. The van der Waals surface area contributed by atoms with Crippen molar-refractivity contribution in [2.24, 2.45) is 0 Å². The van der Waals surface area contributed by atoms with Crippen LogP contribution in [0.1, 0.15) is 17.7 Å². The highest BCUT2D eigenvalue weighted by Gasteiger charge is 2.31. The number of nitrogens with zero attached hydrogens (tertiary/aromatic N) is 1. The van der Waals surface area contributed by atoms with Gasteiger partial charge in [0.2, 0.25) is 10.0 Å². The van der Waals surface area contributed by atoms with Crippen molar-refractivity contribution in [3.05, 3.63) is 17.0 Å². The maximum absolute atomic E-state index is 12.0. The smallest absolute Gasteiger partial charge is 0.250 e. The lowest BCUT2D eigenvalue weighted by molar-refractivity contribution is -0.0588. The van der Waals surface area contributed by atoms with E-state index in [1.54, 1.807) is 0 Å². The fourth-order valence-electron chi connectivity index (χ4n) is 1.75. The van der Waals surface area contributed by atoms with Crippen molar-refractivity contribution in [2.45, 2.75) is 22.7 Å². The molecule has 1 saturated heterocycles. The van der Waals surface area contributed by atoms with Gasteiger partial charge in [-0.05, 0) is 12.1 Å². The van der Waals surface area contributed by atoms with Gasteiger partial charge in [-0.1, -0.05) is 0 Å². The van der Waals surface area contributed by atoms with Crippen molar-refractivity contribution in [1.29, 1.82) is 5.26 Å². The molecule has 1 aromatic heterocycles. The maximum Gasteiger partial charge on any atom is 0.250 e. The summed E-state index contributed by atoms with van der Waals surface area (Å²) in [7, 11) is -3.67. The molecule has 1 fully saturated rings. The van der Waals surface area contributed by atoms with Gasteiger partial charge in [0.05, 0.1) is 5.60 Å². The topological polar surface area (TPSA) is 99.4 Å². The van der Waals surface area contributed by atoms with Crippen molar-refractivity contribution in [3.8, 4) is 6.07 Å². The van der Waals surface area contributed by atoms with E-state index in [4.69, 9.17) is 10.00 Å². The third-order valence-electron chi connectivity index (χ3n) is 2.97. The number of thiophene rings is 1. The lowest BCUT2D eigenvalue weighted by Gasteiger charge is -2.31. The third-order valence-corrected chi connectivity index (χ3v) is 5.85. The molecule has 2 N–H and O–H groups in total. The van der Waals surface area contributed by atoms with Crippen LogP contribution in [0, 0.1) is 11.3 Å². The summed E-state index contributed by atoms with van der Waals surface area (Å²) in [6.45, 7) is 0.810. The lowest BCUT2D eigenvalue weighted by Crippen LogP contribution is -2.46. The second-order valence-corrected chi connectivity index (χ2v) is 7.47. The van der Waals surface area contributed by atoms with Crippen LogP contribution in [0.2, 0.25) is 0 Å². The predicted octanol–water partition coefficient (Wildman–Crippen LogP) is 0.440. The Kier molecular flexibility index (Phi) is 4.23. The average molecular weight is 302 g/mol. The third kappa shape index (κ3) is 3.52. The molecule has 0 spiro atoms. The van der Waals surface area contributed by atoms with Crippen LogP contribution in [0.3, 0.4) is 0 Å². The Morgan fingerprint density at radius 2 is 2.16 bits per heavy atom. The first kappa shape index (κ1) is 14.4. The second kappa shape index (κ2) is 5.56. The number of nitrogens with one attached hydrogen (secondary N) is 1. The summed E-state index contributed by atoms with van der Waals surface area (Å²) in [6, 6.07) is 4.74. The van der Waals surface area contributed by atoms with Gasteiger partial charge in [-0.25, -0.2) is 13.1 Å². The lowest BCUT2D eigenvalue weighted by atomic mass is 9.95. The molecule has 1 aromatic rings. The fraction of sp³-hybridized carbons (Fsp3) is 0.545. The number of hydrogen-bond donors (Lipinski definition) is 2. The Labute approximate surface area is 115 Å². The molecule has 19 heavy (non-hydrogen) atoms. The van der Waals surface area contributed by atoms with Gasteiger partial charge in [-0.2, -0.15) is 5.26 Å². The SMILES string of the molecule is N#Cc1ccc(S(=O)(=O)NCC2(O)CCOCC2)s1. The normalized spacial score (nSPS) is 18.9. The Morgan fingerprint density at radius 3 is 2.74 bits per heavy atom. The molecule has 0 aromatic carbocycles. The standard InChI is InChI=1S/C11H14N2O4S2/c12-7-9-1-2-10(18-9)19(15,16)13-8-11(14)3-5-17-6-4-11/h1-2,13-14H,3-6,8H2. The zero-order valence-corrected chi connectivity index (χ0v) is 11.8. The number of ether oxygens (including phenoxy) is 1. The van der Waals surface area contributed by atoms with Crippen LogP contribution in [-0.4, -0.2) is 38.9 Å². The van der Waals surface area contributed by atoms with Gasteiger partial charge in [0, 0.05) is 32.6 Å². The first-order valence-corrected chi connectivity index (χ1v) is 8.05. The van der Waals surface area contributed by atoms with Gasteiger partial charge >= 0.3 is 0 Å². The monoisotopic (exact) mass is 302 g/mol. The minimum Gasteiger partial charge on any atom is -0.388 e. The van der Waals surface area contributed by atoms with Crippen molar-refractivity contribution < 1.29 is 18.3 Å². The van der Waals surface area contributed by atoms with E-state index in [1.165, 1.54) is 12.1 Å². The second-order valence-electron chi connectivity index (χ2n) is 4.39. The molecule has 0 aliphatic carbocycles. The van der Waals surface area contributed by atoms with Crippen LogP contribution < -0.4 is 4.72 Å². The molecule has 0 unspecified atom stereocenters. The summed E-state index contributed by atoms with van der Waals surface area (Å²) in [6.07, 6.45) is 0.812. The van der Waals surface area contributed by atoms with Crippen LogP contribution in [-0.2, 0) is 14.8 Å². The summed E-state index contributed by atoms with van der Waals surface area (Å²) >= 11 is 0.907. The summed E-state index contributed by atoms with van der Waals surface area (Å²) in [5.41, 5.74) is -1.05. The van der Waals surface area contributed by atoms with E-state index in [0.29, 0.717) is 30.9 Å². The summed E-state index contributed by atoms with van der Waals surface area (Å²) in [5, 5.41) is 18.9. The zero-order chi connectivity index (χ0) is 13.9. The molecule has 0 bridgehead atoms. The number of hydrogen-bond acceptors (Lipinski definition) is 6. The van der Waals surface area contributed by atoms with Crippen LogP contribution in [0.4, 0.5) is 0 Å². The van der Waals surface area contributed by atoms with E-state index in [1.807, 2.05) is 6.07 Å². The molecule has 2 rings (SSSR count). The Balaban J connectivity index is 2.03. The van der Waals surface area contributed by atoms with Gasteiger partial charge in [0.15, 0.2) is 0 Å². The first-order chi connectivity index (χ1) is 8.95. The Morgan fingerprint density at radius 1 is 1.47 bits per heavy atom. The van der Waals surface area contributed by atoms with Crippen molar-refractivity contribution in [2.75, 3.05) is 19.8 Å². The molecule has 0 amide bonds. The Bertz CT molecular complexity index is 582. The van der Waals surface area contributed by atoms with Crippen molar-refractivity contribution in [3.63, 3.8) is 0 Å². The van der Waals surface area contributed by atoms with E-state index in [2.05, 4.69) is 4.72 Å². The minimum absolute atomic E-state index is 0.0432. The quantitative estimate of drug-likeness (QED) is 0.840.